The number of alkyl halides is 1. The number of halogens is 2. The third-order valence-corrected chi connectivity index (χ3v) is 7.33. The second-order valence-corrected chi connectivity index (χ2v) is 10.2. The van der Waals surface area contributed by atoms with Gasteiger partial charge < -0.3 is 24.8 Å². The summed E-state index contributed by atoms with van der Waals surface area (Å²) >= 11 is 7.68. The third kappa shape index (κ3) is 7.07. The fraction of sp³-hybridized carbons (Fsp3) is 0.440. The van der Waals surface area contributed by atoms with Gasteiger partial charge in [-0.05, 0) is 64.4 Å². The highest BCUT2D eigenvalue weighted by Gasteiger charge is 2.24. The normalized spacial score (nSPS) is 13.5. The zero-order valence-electron chi connectivity index (χ0n) is 20.0. The lowest BCUT2D eigenvalue weighted by molar-refractivity contribution is 0.0881. The van der Waals surface area contributed by atoms with Crippen molar-refractivity contribution in [2.75, 3.05) is 19.1 Å². The van der Waals surface area contributed by atoms with Crippen molar-refractivity contribution in [1.82, 2.24) is 15.0 Å². The van der Waals surface area contributed by atoms with E-state index < -0.39 is 12.2 Å². The van der Waals surface area contributed by atoms with E-state index in [4.69, 9.17) is 21.1 Å². The molecule has 3 aromatic rings. The molecule has 0 unspecified atom stereocenters. The van der Waals surface area contributed by atoms with Gasteiger partial charge in [0.25, 0.3) is 0 Å². The Kier molecular flexibility index (Phi) is 9.77. The highest BCUT2D eigenvalue weighted by molar-refractivity contribution is 14.1. The highest BCUT2D eigenvalue weighted by Crippen LogP contribution is 2.34. The van der Waals surface area contributed by atoms with Crippen LogP contribution in [0.5, 0.6) is 11.5 Å². The van der Waals surface area contributed by atoms with Crippen molar-refractivity contribution in [2.45, 2.75) is 51.5 Å². The van der Waals surface area contributed by atoms with E-state index in [1.54, 1.807) is 4.68 Å². The zero-order chi connectivity index (χ0) is 25.6. The molecular formula is C25H31ClIN3O5. The van der Waals surface area contributed by atoms with Gasteiger partial charge in [-0.2, -0.15) is 0 Å². The smallest absolute Gasteiger partial charge is 0.125 e. The van der Waals surface area contributed by atoms with Gasteiger partial charge in [0, 0.05) is 5.41 Å². The molecule has 0 aliphatic heterocycles. The highest BCUT2D eigenvalue weighted by atomic mass is 127. The Hall–Kier alpha value is -1.92. The molecule has 0 aliphatic rings. The minimum atomic E-state index is -0.776. The molecule has 0 radical (unpaired) electrons. The van der Waals surface area contributed by atoms with Crippen molar-refractivity contribution < 1.29 is 24.8 Å². The molecule has 0 fully saturated rings. The van der Waals surface area contributed by atoms with Crippen molar-refractivity contribution in [3.63, 3.8) is 0 Å². The van der Waals surface area contributed by atoms with Gasteiger partial charge in [-0.3, -0.25) is 0 Å². The van der Waals surface area contributed by atoms with Crippen LogP contribution < -0.4 is 9.47 Å². The first-order chi connectivity index (χ1) is 16.6. The van der Waals surface area contributed by atoms with Crippen LogP contribution in [0.4, 0.5) is 0 Å². The number of nitrogens with zero attached hydrogens (tertiary/aromatic N) is 3. The minimum Gasteiger partial charge on any atom is -0.491 e. The largest absolute Gasteiger partial charge is 0.491 e. The summed E-state index contributed by atoms with van der Waals surface area (Å²) in [6, 6.07) is 13.9. The molecule has 2 aromatic carbocycles. The maximum absolute atomic E-state index is 10.3. The van der Waals surface area contributed by atoms with Gasteiger partial charge >= 0.3 is 0 Å². The average molecular weight is 616 g/mol. The molecule has 0 amide bonds. The van der Waals surface area contributed by atoms with Crippen LogP contribution >= 0.6 is 34.2 Å². The molecule has 3 N–H and O–H groups in total. The van der Waals surface area contributed by atoms with Gasteiger partial charge in [0.05, 0.1) is 19.0 Å². The first-order valence-corrected chi connectivity index (χ1v) is 12.8. The monoisotopic (exact) mass is 615 g/mol. The van der Waals surface area contributed by atoms with Gasteiger partial charge in [-0.25, -0.2) is 4.68 Å². The van der Waals surface area contributed by atoms with Crippen molar-refractivity contribution in [3.8, 4) is 11.5 Å². The standard InChI is InChI=1S/C25H31ClIN3O5/c1-16-10-18(6-9-23(16)35-14-19(32)11-26)25(2,3)17-4-7-21(8-5-17)34-15-20(33)12-30-24(27)22(13-31)28-29-30/h4-10,19-20,31-33H,11-15H2,1-3H3/t19-,20+/m0/s1. The van der Waals surface area contributed by atoms with E-state index >= 15 is 0 Å². The molecule has 0 aliphatic carbocycles. The number of aryl methyl sites for hydroxylation is 1. The number of benzene rings is 2. The summed E-state index contributed by atoms with van der Waals surface area (Å²) < 4.78 is 13.7. The summed E-state index contributed by atoms with van der Waals surface area (Å²) in [4.78, 5) is 0. The van der Waals surface area contributed by atoms with Crippen LogP contribution in [0.2, 0.25) is 0 Å². The molecule has 35 heavy (non-hydrogen) atoms. The van der Waals surface area contributed by atoms with E-state index in [0.29, 0.717) is 15.1 Å². The van der Waals surface area contributed by atoms with E-state index in [0.717, 1.165) is 22.4 Å². The van der Waals surface area contributed by atoms with Crippen LogP contribution in [0.1, 0.15) is 36.2 Å². The summed E-state index contributed by atoms with van der Waals surface area (Å²) in [6.07, 6.45) is -1.47. The molecule has 10 heteroatoms. The molecular weight excluding hydrogens is 585 g/mol. The van der Waals surface area contributed by atoms with E-state index in [1.165, 1.54) is 0 Å². The van der Waals surface area contributed by atoms with Crippen molar-refractivity contribution >= 4 is 34.2 Å². The number of aliphatic hydroxyl groups excluding tert-OH is 3. The average Bonchev–Trinajstić information content (AvgIpc) is 3.20. The van der Waals surface area contributed by atoms with E-state index in [9.17, 15) is 15.3 Å². The lowest BCUT2D eigenvalue weighted by atomic mass is 9.77. The van der Waals surface area contributed by atoms with Gasteiger partial charge in [0.1, 0.15) is 46.3 Å². The molecule has 1 heterocycles. The lowest BCUT2D eigenvalue weighted by Gasteiger charge is -2.27. The molecule has 0 spiro atoms. The molecule has 0 saturated heterocycles. The quantitative estimate of drug-likeness (QED) is 0.212. The molecule has 3 rings (SSSR count). The topological polar surface area (TPSA) is 110 Å². The van der Waals surface area contributed by atoms with Crippen LogP contribution in [0.3, 0.4) is 0 Å². The van der Waals surface area contributed by atoms with Crippen LogP contribution in [-0.4, -0.2) is 61.6 Å². The third-order valence-electron chi connectivity index (χ3n) is 5.80. The summed E-state index contributed by atoms with van der Waals surface area (Å²) in [7, 11) is 0. The van der Waals surface area contributed by atoms with Crippen LogP contribution in [0, 0.1) is 10.6 Å². The van der Waals surface area contributed by atoms with E-state index in [-0.39, 0.29) is 37.7 Å². The first kappa shape index (κ1) is 27.7. The molecule has 0 saturated carbocycles. The second kappa shape index (κ2) is 12.4. The maximum atomic E-state index is 10.3. The Morgan fingerprint density at radius 2 is 1.69 bits per heavy atom. The van der Waals surface area contributed by atoms with Crippen LogP contribution in [-0.2, 0) is 18.6 Å². The van der Waals surface area contributed by atoms with Gasteiger partial charge in [-0.15, -0.1) is 16.7 Å². The van der Waals surface area contributed by atoms with E-state index in [2.05, 4.69) is 30.2 Å². The number of hydrogen-bond donors (Lipinski definition) is 3. The van der Waals surface area contributed by atoms with Crippen LogP contribution in [0.25, 0.3) is 0 Å². The molecule has 8 nitrogen and oxygen atoms in total. The second-order valence-electron chi connectivity index (χ2n) is 8.88. The fourth-order valence-electron chi connectivity index (χ4n) is 3.56. The van der Waals surface area contributed by atoms with Gasteiger partial charge in [0.2, 0.25) is 0 Å². The summed E-state index contributed by atoms with van der Waals surface area (Å²) in [5.41, 5.74) is 3.46. The Balaban J connectivity index is 1.60. The Morgan fingerprint density at radius 1 is 1.03 bits per heavy atom. The molecule has 2 atom stereocenters. The fourth-order valence-corrected chi connectivity index (χ4v) is 4.22. The van der Waals surface area contributed by atoms with Crippen molar-refractivity contribution in [1.29, 1.82) is 0 Å². The lowest BCUT2D eigenvalue weighted by Crippen LogP contribution is -2.25. The number of hydrogen-bond acceptors (Lipinski definition) is 7. The number of aromatic nitrogens is 3. The molecule has 1 aromatic heterocycles. The molecule has 0 bridgehead atoms. The number of aliphatic hydroxyl groups is 3. The summed E-state index contributed by atoms with van der Waals surface area (Å²) in [5, 5.41) is 37.0. The maximum Gasteiger partial charge on any atom is 0.125 e. The summed E-state index contributed by atoms with van der Waals surface area (Å²) in [6.45, 7) is 6.58. The van der Waals surface area contributed by atoms with Crippen molar-refractivity contribution in [2.24, 2.45) is 0 Å². The Morgan fingerprint density at radius 3 is 2.29 bits per heavy atom. The van der Waals surface area contributed by atoms with Gasteiger partial charge in [0.15, 0.2) is 0 Å². The predicted molar refractivity (Wildman–Crippen MR) is 142 cm³/mol. The Labute approximate surface area is 224 Å². The Bertz CT molecular complexity index is 1110. The van der Waals surface area contributed by atoms with E-state index in [1.807, 2.05) is 65.9 Å². The number of ether oxygens (including phenoxy) is 2. The SMILES string of the molecule is Cc1cc(C(C)(C)c2ccc(OC[C@H](O)Cn3nnc(CO)c3I)cc2)ccc1OC[C@@H](O)CCl. The van der Waals surface area contributed by atoms with Crippen LogP contribution in [0.15, 0.2) is 42.5 Å². The minimum absolute atomic E-state index is 0.103. The van der Waals surface area contributed by atoms with Crippen molar-refractivity contribution in [3.05, 3.63) is 68.5 Å². The predicted octanol–water partition coefficient (Wildman–Crippen LogP) is 3.43. The first-order valence-electron chi connectivity index (χ1n) is 11.2. The summed E-state index contributed by atoms with van der Waals surface area (Å²) in [5.74, 6) is 1.52. The zero-order valence-corrected chi connectivity index (χ0v) is 22.9. The number of rotatable bonds is 12. The molecule has 190 valence electrons. The van der Waals surface area contributed by atoms with Gasteiger partial charge in [-0.1, -0.05) is 43.3 Å².